The number of allylic oxidation sites excluding steroid dienone is 9. The summed E-state index contributed by atoms with van der Waals surface area (Å²) in [5, 5.41) is 0. The van der Waals surface area contributed by atoms with Crippen molar-refractivity contribution in [2.45, 2.75) is 232 Å². The molecule has 1 heterocycles. The van der Waals surface area contributed by atoms with Gasteiger partial charge >= 0.3 is 0 Å². The molecule has 2 fully saturated rings. The Hall–Kier alpha value is -1.60. The van der Waals surface area contributed by atoms with Crippen molar-refractivity contribution in [2.75, 3.05) is 6.54 Å². The summed E-state index contributed by atoms with van der Waals surface area (Å²) in [6, 6.07) is 1.42. The van der Waals surface area contributed by atoms with E-state index in [9.17, 15) is 0 Å². The first-order valence-electron chi connectivity index (χ1n) is 28.6. The van der Waals surface area contributed by atoms with E-state index in [1.807, 2.05) is 0 Å². The van der Waals surface area contributed by atoms with Gasteiger partial charge in [-0.15, -0.1) is 6.58 Å². The molecule has 0 amide bonds. The van der Waals surface area contributed by atoms with Crippen molar-refractivity contribution in [1.82, 2.24) is 4.90 Å². The van der Waals surface area contributed by atoms with Gasteiger partial charge in [0.15, 0.2) is 0 Å². The van der Waals surface area contributed by atoms with Gasteiger partial charge in [-0.3, -0.25) is 4.90 Å². The van der Waals surface area contributed by atoms with Gasteiger partial charge in [0.2, 0.25) is 0 Å². The Balaban J connectivity index is 1.54. The molecule has 4 aliphatic rings. The van der Waals surface area contributed by atoms with E-state index in [0.717, 1.165) is 59.9 Å². The maximum atomic E-state index is 4.15. The van der Waals surface area contributed by atoms with E-state index in [-0.39, 0.29) is 5.41 Å². The molecule has 1 heteroatoms. The Morgan fingerprint density at radius 1 is 0.877 bits per heavy atom. The molecule has 0 saturated heterocycles. The van der Waals surface area contributed by atoms with Crippen LogP contribution in [0.15, 0.2) is 71.9 Å². The van der Waals surface area contributed by atoms with Crippen LogP contribution in [0, 0.1) is 94.2 Å². The molecule has 372 valence electrons. The summed E-state index contributed by atoms with van der Waals surface area (Å²) in [5.41, 5.74) is 5.07. The van der Waals surface area contributed by atoms with Crippen LogP contribution in [0.2, 0.25) is 0 Å². The quantitative estimate of drug-likeness (QED) is 0.0979. The zero-order valence-electron chi connectivity index (χ0n) is 46.3. The van der Waals surface area contributed by atoms with Crippen molar-refractivity contribution in [3.63, 3.8) is 0 Å². The molecule has 0 aromatic rings. The molecule has 0 aromatic heterocycles. The summed E-state index contributed by atoms with van der Waals surface area (Å²) in [5.74, 6) is 10.9. The highest BCUT2D eigenvalue weighted by atomic mass is 15.2. The highest BCUT2D eigenvalue weighted by Gasteiger charge is 2.39. The van der Waals surface area contributed by atoms with Crippen LogP contribution in [0.25, 0.3) is 0 Å². The van der Waals surface area contributed by atoms with E-state index in [2.05, 4.69) is 171 Å². The van der Waals surface area contributed by atoms with Crippen LogP contribution in [0.1, 0.15) is 220 Å². The Bertz CT molecular complexity index is 1540. The summed E-state index contributed by atoms with van der Waals surface area (Å²) in [7, 11) is 0. The second kappa shape index (κ2) is 27.0. The highest BCUT2D eigenvalue weighted by molar-refractivity contribution is 5.25. The molecule has 3 aliphatic carbocycles. The Kier molecular flexibility index (Phi) is 23.2. The number of hydrogen-bond donors (Lipinski definition) is 0. The summed E-state index contributed by atoms with van der Waals surface area (Å²) < 4.78 is 0. The minimum Gasteiger partial charge on any atom is -0.293 e. The zero-order chi connectivity index (χ0) is 48.0. The van der Waals surface area contributed by atoms with Gasteiger partial charge in [-0.2, -0.15) is 0 Å². The first-order chi connectivity index (χ1) is 30.9. The molecule has 1 nitrogen and oxygen atoms in total. The molecule has 65 heavy (non-hydrogen) atoms. The van der Waals surface area contributed by atoms with Crippen molar-refractivity contribution in [3.05, 3.63) is 71.9 Å². The summed E-state index contributed by atoms with van der Waals surface area (Å²) in [6.45, 7) is 45.2. The highest BCUT2D eigenvalue weighted by Crippen LogP contribution is 2.48. The SMILES string of the molecule is C=CC(C)C(C)C(CC)CC(C)CC1C(C)CC(CC(/C(C)=C/CC(C)CC(CC)N2CC=CC(C)C2C2CCCCC2)C(C)/C=C/C=C2\CCC(C)/C(C)=C\C(C)C2(C)C)CC1CC. The van der Waals surface area contributed by atoms with Gasteiger partial charge in [-0.1, -0.05) is 194 Å². The Morgan fingerprint density at radius 2 is 1.58 bits per heavy atom. The molecule has 0 bridgehead atoms. The van der Waals surface area contributed by atoms with E-state index >= 15 is 0 Å². The van der Waals surface area contributed by atoms with E-state index < -0.39 is 0 Å². The molecule has 0 N–H and O–H groups in total. The lowest BCUT2D eigenvalue weighted by Crippen LogP contribution is -2.52. The van der Waals surface area contributed by atoms with Gasteiger partial charge in [-0.25, -0.2) is 0 Å². The van der Waals surface area contributed by atoms with Crippen LogP contribution in [-0.4, -0.2) is 23.5 Å². The third kappa shape index (κ3) is 15.7. The molecule has 0 spiro atoms. The molecule has 2 saturated carbocycles. The fourth-order valence-electron chi connectivity index (χ4n) is 14.5. The standard InChI is InChI=1S/C64H111N/c1-18-46(7)54(15)56(19-2)37-45(6)39-62-52(13)41-55(42-57(62)20-3)43-61(48(9)27-25-31-59-35-34-47(8)51(12)40-53(14)64(59,16)17)49(10)33-32-44(5)38-60(21-4)65-36-26-28-50(11)63(65)58-29-23-22-24-30-58/h18,25-28,31,33,40,44-48,50,52-58,60-63H,1,19-24,29-30,32,34-39,41-43H2,2-17H3/b27-25+,49-33+,51-40-,59-31+. The van der Waals surface area contributed by atoms with Crippen LogP contribution < -0.4 is 0 Å². The molecule has 0 aromatic carbocycles. The van der Waals surface area contributed by atoms with Crippen LogP contribution in [0.4, 0.5) is 0 Å². The largest absolute Gasteiger partial charge is 0.293 e. The molecule has 4 rings (SSSR count). The van der Waals surface area contributed by atoms with Gasteiger partial charge in [0.25, 0.3) is 0 Å². The lowest BCUT2D eigenvalue weighted by molar-refractivity contribution is 0.0438. The molecule has 1 aliphatic heterocycles. The molecular weight excluding hydrogens is 783 g/mol. The number of rotatable bonds is 22. The Morgan fingerprint density at radius 3 is 2.23 bits per heavy atom. The van der Waals surface area contributed by atoms with Crippen LogP contribution in [-0.2, 0) is 0 Å². The lowest BCUT2D eigenvalue weighted by atomic mass is 9.62. The smallest absolute Gasteiger partial charge is 0.0190 e. The Labute approximate surface area is 407 Å². The molecule has 16 atom stereocenters. The third-order valence-corrected chi connectivity index (χ3v) is 19.9. The van der Waals surface area contributed by atoms with Crippen molar-refractivity contribution in [3.8, 4) is 0 Å². The summed E-state index contributed by atoms with van der Waals surface area (Å²) in [6.07, 6.45) is 43.3. The topological polar surface area (TPSA) is 3.24 Å². The fourth-order valence-corrected chi connectivity index (χ4v) is 14.5. The second-order valence-corrected chi connectivity index (χ2v) is 24.9. The van der Waals surface area contributed by atoms with Crippen LogP contribution in [0.5, 0.6) is 0 Å². The van der Waals surface area contributed by atoms with Crippen molar-refractivity contribution < 1.29 is 0 Å². The van der Waals surface area contributed by atoms with Crippen LogP contribution >= 0.6 is 0 Å². The van der Waals surface area contributed by atoms with Gasteiger partial charge < -0.3 is 0 Å². The molecule has 0 radical (unpaired) electrons. The van der Waals surface area contributed by atoms with E-state index in [1.54, 1.807) is 16.7 Å². The van der Waals surface area contributed by atoms with Gasteiger partial charge in [-0.05, 0) is 185 Å². The van der Waals surface area contributed by atoms with E-state index in [0.29, 0.717) is 47.5 Å². The van der Waals surface area contributed by atoms with Gasteiger partial charge in [0, 0.05) is 18.6 Å². The zero-order valence-corrected chi connectivity index (χ0v) is 46.3. The normalized spacial score (nSPS) is 33.9. The van der Waals surface area contributed by atoms with E-state index in [4.69, 9.17) is 0 Å². The summed E-state index contributed by atoms with van der Waals surface area (Å²) in [4.78, 5) is 2.99. The summed E-state index contributed by atoms with van der Waals surface area (Å²) >= 11 is 0. The second-order valence-electron chi connectivity index (χ2n) is 24.9. The maximum absolute atomic E-state index is 4.15. The lowest BCUT2D eigenvalue weighted by Gasteiger charge is -2.47. The monoisotopic (exact) mass is 894 g/mol. The van der Waals surface area contributed by atoms with Crippen LogP contribution in [0.3, 0.4) is 0 Å². The minimum absolute atomic E-state index is 0.177. The minimum atomic E-state index is 0.177. The van der Waals surface area contributed by atoms with Crippen molar-refractivity contribution in [2.24, 2.45) is 94.2 Å². The third-order valence-electron chi connectivity index (χ3n) is 19.9. The fraction of sp³-hybridized carbons (Fsp3) is 0.812. The average Bonchev–Trinajstić information content (AvgIpc) is 3.29. The maximum Gasteiger partial charge on any atom is 0.0190 e. The number of hydrogen-bond acceptors (Lipinski definition) is 1. The van der Waals surface area contributed by atoms with Gasteiger partial charge in [0.05, 0.1) is 0 Å². The molecule has 16 unspecified atom stereocenters. The van der Waals surface area contributed by atoms with Crippen molar-refractivity contribution in [1.29, 1.82) is 0 Å². The molecular formula is C64H111N. The first-order valence-corrected chi connectivity index (χ1v) is 28.6. The number of nitrogens with zero attached hydrogens (tertiary/aromatic N) is 1. The van der Waals surface area contributed by atoms with Crippen molar-refractivity contribution >= 4 is 0 Å². The van der Waals surface area contributed by atoms with E-state index in [1.165, 1.54) is 109 Å². The predicted molar refractivity (Wildman–Crippen MR) is 291 cm³/mol. The predicted octanol–water partition coefficient (Wildman–Crippen LogP) is 19.3. The van der Waals surface area contributed by atoms with Gasteiger partial charge in [0.1, 0.15) is 0 Å². The first kappa shape index (κ1) is 56.0. The average molecular weight is 895 g/mol.